The number of halogens is 1. The number of hydrogen-bond acceptors (Lipinski definition) is 3. The van der Waals surface area contributed by atoms with E-state index in [2.05, 4.69) is 16.0 Å². The zero-order valence-corrected chi connectivity index (χ0v) is 12.8. The van der Waals surface area contributed by atoms with Crippen LogP contribution in [0.25, 0.3) is 0 Å². The molecular formula is C16H14ClN3O3. The van der Waals surface area contributed by atoms with Gasteiger partial charge in [-0.15, -0.1) is 0 Å². The van der Waals surface area contributed by atoms with Gasteiger partial charge in [-0.2, -0.15) is 0 Å². The lowest BCUT2D eigenvalue weighted by Crippen LogP contribution is -2.28. The van der Waals surface area contributed by atoms with Gasteiger partial charge < -0.3 is 20.7 Å². The van der Waals surface area contributed by atoms with E-state index < -0.39 is 0 Å². The predicted molar refractivity (Wildman–Crippen MR) is 87.9 cm³/mol. The molecule has 0 saturated carbocycles. The maximum absolute atomic E-state index is 11.9. The molecule has 6 nitrogen and oxygen atoms in total. The summed E-state index contributed by atoms with van der Waals surface area (Å²) >= 11 is 5.90. The summed E-state index contributed by atoms with van der Waals surface area (Å²) in [6.07, 6.45) is 0. The minimum Gasteiger partial charge on any atom is -0.482 e. The van der Waals surface area contributed by atoms with Crippen LogP contribution < -0.4 is 20.7 Å². The largest absolute Gasteiger partial charge is 0.482 e. The van der Waals surface area contributed by atoms with Crippen LogP contribution in [-0.2, 0) is 11.3 Å². The quantitative estimate of drug-likeness (QED) is 0.809. The second-order valence-corrected chi connectivity index (χ2v) is 5.42. The van der Waals surface area contributed by atoms with Gasteiger partial charge in [0.05, 0.1) is 5.69 Å². The van der Waals surface area contributed by atoms with Crippen molar-refractivity contribution in [3.05, 3.63) is 53.1 Å². The number of rotatable bonds is 3. The molecular weight excluding hydrogens is 318 g/mol. The van der Waals surface area contributed by atoms with Crippen molar-refractivity contribution in [1.82, 2.24) is 5.32 Å². The normalized spacial score (nSPS) is 12.7. The van der Waals surface area contributed by atoms with Gasteiger partial charge in [-0.05, 0) is 29.8 Å². The average molecular weight is 332 g/mol. The lowest BCUT2D eigenvalue weighted by Gasteiger charge is -2.18. The summed E-state index contributed by atoms with van der Waals surface area (Å²) in [6, 6.07) is 12.0. The Bertz CT molecular complexity index is 764. The Morgan fingerprint density at radius 3 is 2.96 bits per heavy atom. The van der Waals surface area contributed by atoms with Crippen LogP contribution in [0, 0.1) is 0 Å². The lowest BCUT2D eigenvalue weighted by atomic mass is 10.2. The van der Waals surface area contributed by atoms with Crippen LogP contribution in [0.15, 0.2) is 42.5 Å². The van der Waals surface area contributed by atoms with Gasteiger partial charge in [0.1, 0.15) is 5.75 Å². The first-order valence-corrected chi connectivity index (χ1v) is 7.34. The number of benzene rings is 2. The highest BCUT2D eigenvalue weighted by Gasteiger charge is 2.16. The van der Waals surface area contributed by atoms with Gasteiger partial charge in [-0.1, -0.05) is 23.7 Å². The molecule has 0 radical (unpaired) electrons. The number of amides is 3. The van der Waals surface area contributed by atoms with Crippen molar-refractivity contribution in [3.63, 3.8) is 0 Å². The number of urea groups is 1. The monoisotopic (exact) mass is 331 g/mol. The first-order valence-electron chi connectivity index (χ1n) is 6.96. The topological polar surface area (TPSA) is 79.5 Å². The third-order valence-electron chi connectivity index (χ3n) is 3.21. The van der Waals surface area contributed by atoms with Gasteiger partial charge in [0, 0.05) is 23.3 Å². The Balaban J connectivity index is 1.59. The Morgan fingerprint density at radius 1 is 1.26 bits per heavy atom. The SMILES string of the molecule is O=C1COc2cc(NC(=O)NCc3cccc(Cl)c3)ccc2N1. The van der Waals surface area contributed by atoms with E-state index in [-0.39, 0.29) is 18.5 Å². The van der Waals surface area contributed by atoms with Gasteiger partial charge in [0.25, 0.3) is 5.91 Å². The maximum Gasteiger partial charge on any atom is 0.319 e. The highest BCUT2D eigenvalue weighted by Crippen LogP contribution is 2.30. The Hall–Kier alpha value is -2.73. The van der Waals surface area contributed by atoms with Gasteiger partial charge in [-0.25, -0.2) is 4.79 Å². The summed E-state index contributed by atoms with van der Waals surface area (Å²) in [6.45, 7) is 0.335. The molecule has 2 aromatic carbocycles. The molecule has 0 aliphatic carbocycles. The minimum absolute atomic E-state index is 0.0303. The van der Waals surface area contributed by atoms with Gasteiger partial charge >= 0.3 is 6.03 Å². The van der Waals surface area contributed by atoms with Crippen LogP contribution in [-0.4, -0.2) is 18.5 Å². The third-order valence-corrected chi connectivity index (χ3v) is 3.45. The van der Waals surface area contributed by atoms with E-state index in [1.54, 1.807) is 30.3 Å². The average Bonchev–Trinajstić information content (AvgIpc) is 2.53. The number of nitrogens with one attached hydrogen (secondary N) is 3. The van der Waals surface area contributed by atoms with Crippen molar-refractivity contribution in [2.75, 3.05) is 17.2 Å². The van der Waals surface area contributed by atoms with Crippen LogP contribution in [0.5, 0.6) is 5.75 Å². The van der Waals surface area contributed by atoms with E-state index in [9.17, 15) is 9.59 Å². The number of ether oxygens (including phenoxy) is 1. The van der Waals surface area contributed by atoms with E-state index in [1.165, 1.54) is 0 Å². The molecule has 118 valence electrons. The summed E-state index contributed by atoms with van der Waals surface area (Å²) in [7, 11) is 0. The fraction of sp³-hybridized carbons (Fsp3) is 0.125. The number of carbonyl (C=O) groups is 2. The van der Waals surface area contributed by atoms with Crippen molar-refractivity contribution in [1.29, 1.82) is 0 Å². The molecule has 23 heavy (non-hydrogen) atoms. The first-order chi connectivity index (χ1) is 11.1. The van der Waals surface area contributed by atoms with E-state index >= 15 is 0 Å². The number of carbonyl (C=O) groups excluding carboxylic acids is 2. The summed E-state index contributed by atoms with van der Waals surface area (Å²) in [5.41, 5.74) is 2.07. The number of anilines is 2. The Kier molecular flexibility index (Phi) is 4.34. The zero-order valence-electron chi connectivity index (χ0n) is 12.1. The molecule has 0 spiro atoms. The molecule has 0 fully saturated rings. The third kappa shape index (κ3) is 3.92. The minimum atomic E-state index is -0.343. The van der Waals surface area contributed by atoms with E-state index in [4.69, 9.17) is 16.3 Å². The summed E-state index contributed by atoms with van der Waals surface area (Å²) in [4.78, 5) is 23.1. The Labute approximate surface area is 137 Å². The van der Waals surface area contributed by atoms with Crippen molar-refractivity contribution < 1.29 is 14.3 Å². The standard InChI is InChI=1S/C16H14ClN3O3/c17-11-3-1-2-10(6-11)8-18-16(22)19-12-4-5-13-14(7-12)23-9-15(21)20-13/h1-7H,8-9H2,(H,20,21)(H2,18,19,22). The molecule has 3 amide bonds. The van der Waals surface area contributed by atoms with Gasteiger partial charge in [0.15, 0.2) is 6.61 Å². The molecule has 1 heterocycles. The van der Waals surface area contributed by atoms with Gasteiger partial charge in [-0.3, -0.25) is 4.79 Å². The molecule has 3 rings (SSSR count). The second-order valence-electron chi connectivity index (χ2n) is 4.99. The van der Waals surface area contributed by atoms with E-state index in [0.717, 1.165) is 5.56 Å². The number of fused-ring (bicyclic) bond motifs is 1. The van der Waals surface area contributed by atoms with Gasteiger partial charge in [0.2, 0.25) is 0 Å². The van der Waals surface area contributed by atoms with Crippen LogP contribution in [0.4, 0.5) is 16.2 Å². The van der Waals surface area contributed by atoms with Crippen molar-refractivity contribution in [2.45, 2.75) is 6.54 Å². The highest BCUT2D eigenvalue weighted by molar-refractivity contribution is 6.30. The second kappa shape index (κ2) is 6.58. The molecule has 7 heteroatoms. The molecule has 0 aromatic heterocycles. The van der Waals surface area contributed by atoms with Crippen molar-refractivity contribution in [2.24, 2.45) is 0 Å². The molecule has 0 bridgehead atoms. The number of hydrogen-bond donors (Lipinski definition) is 3. The molecule has 0 saturated heterocycles. The highest BCUT2D eigenvalue weighted by atomic mass is 35.5. The van der Waals surface area contributed by atoms with Crippen molar-refractivity contribution in [3.8, 4) is 5.75 Å². The smallest absolute Gasteiger partial charge is 0.319 e. The lowest BCUT2D eigenvalue weighted by molar-refractivity contribution is -0.118. The van der Waals surface area contributed by atoms with Crippen LogP contribution in [0.2, 0.25) is 5.02 Å². The molecule has 1 aliphatic rings. The van der Waals surface area contributed by atoms with Crippen LogP contribution >= 0.6 is 11.6 Å². The predicted octanol–water partition coefficient (Wildman–Crippen LogP) is 2.99. The molecule has 1 aliphatic heterocycles. The summed E-state index contributed by atoms with van der Waals surface area (Å²) in [5, 5.41) is 8.77. The fourth-order valence-electron chi connectivity index (χ4n) is 2.16. The molecule has 2 aromatic rings. The maximum atomic E-state index is 11.9. The molecule has 0 atom stereocenters. The van der Waals surface area contributed by atoms with Crippen LogP contribution in [0.3, 0.4) is 0 Å². The van der Waals surface area contributed by atoms with Crippen molar-refractivity contribution >= 4 is 34.9 Å². The first kappa shape index (κ1) is 15.2. The molecule has 0 unspecified atom stereocenters. The molecule has 3 N–H and O–H groups in total. The fourth-order valence-corrected chi connectivity index (χ4v) is 2.37. The van der Waals surface area contributed by atoms with Crippen LogP contribution in [0.1, 0.15) is 5.56 Å². The van der Waals surface area contributed by atoms with E-state index in [1.807, 2.05) is 12.1 Å². The zero-order chi connectivity index (χ0) is 16.2. The van der Waals surface area contributed by atoms with E-state index in [0.29, 0.717) is 28.7 Å². The Morgan fingerprint density at radius 2 is 2.13 bits per heavy atom. The summed E-state index contributed by atoms with van der Waals surface area (Å²) < 4.78 is 5.30. The summed E-state index contributed by atoms with van der Waals surface area (Å²) in [5.74, 6) is 0.328.